The maximum absolute atomic E-state index is 12.2. The third-order valence-electron chi connectivity index (χ3n) is 3.62. The number of carbonyl (C=O) groups is 4. The van der Waals surface area contributed by atoms with Gasteiger partial charge in [-0.2, -0.15) is 26.3 Å². The highest BCUT2D eigenvalue weighted by atomic mass is 19.4. The lowest BCUT2D eigenvalue weighted by molar-refractivity contribution is -0.225. The predicted octanol–water partition coefficient (Wildman–Crippen LogP) is 4.28. The molecule has 0 heterocycles. The standard InChI is InChI=1S/C11H15F3O4.C8H12O4.C3H5F3O/c1-6(2)8(15)18-10(4,5)9(16)17-7(3)11(12,13)14;1-5(2)6(9)12-8(3,4)7(10)11;1-2(7)3(4,5)6/h7H,1H2,2-5H3;1H2,2-4H3,(H,10,11);2,7H,1H3. The summed E-state index contributed by atoms with van der Waals surface area (Å²) >= 11 is 0. The number of hydrogen-bond donors (Lipinski definition) is 2. The number of rotatable bonds is 7. The molecule has 0 saturated carbocycles. The average molecular weight is 554 g/mol. The summed E-state index contributed by atoms with van der Waals surface area (Å²) in [6.07, 6.45) is -13.6. The molecule has 0 amide bonds. The van der Waals surface area contributed by atoms with E-state index in [0.29, 0.717) is 13.8 Å². The molecule has 9 nitrogen and oxygen atoms in total. The van der Waals surface area contributed by atoms with Crippen LogP contribution in [0.2, 0.25) is 0 Å². The van der Waals surface area contributed by atoms with Gasteiger partial charge in [-0.3, -0.25) is 0 Å². The summed E-state index contributed by atoms with van der Waals surface area (Å²) in [6, 6.07) is 0. The van der Waals surface area contributed by atoms with Gasteiger partial charge in [-0.15, -0.1) is 0 Å². The van der Waals surface area contributed by atoms with Crippen LogP contribution < -0.4 is 0 Å². The SMILES string of the molecule is C=C(C)C(=O)OC(C)(C)C(=O)O.C=C(C)C(=O)OC(C)(C)C(=O)OC(C)C(F)(F)F.CC(O)C(F)(F)F. The fourth-order valence-corrected chi connectivity index (χ4v) is 1.09. The summed E-state index contributed by atoms with van der Waals surface area (Å²) in [5, 5.41) is 16.3. The van der Waals surface area contributed by atoms with E-state index < -0.39 is 59.6 Å². The molecule has 0 spiro atoms. The quantitative estimate of drug-likeness (QED) is 0.205. The molecule has 37 heavy (non-hydrogen) atoms. The minimum absolute atomic E-state index is 0.0275. The van der Waals surface area contributed by atoms with Gasteiger partial charge in [-0.25, -0.2) is 19.2 Å². The summed E-state index contributed by atoms with van der Waals surface area (Å²) in [5.74, 6) is -4.03. The van der Waals surface area contributed by atoms with E-state index in [-0.39, 0.29) is 11.1 Å². The van der Waals surface area contributed by atoms with Crippen LogP contribution in [0.4, 0.5) is 26.3 Å². The number of aliphatic hydroxyl groups is 1. The van der Waals surface area contributed by atoms with Gasteiger partial charge in [0.2, 0.25) is 11.2 Å². The molecule has 0 radical (unpaired) electrons. The van der Waals surface area contributed by atoms with Gasteiger partial charge in [0.05, 0.1) is 0 Å². The number of esters is 3. The van der Waals surface area contributed by atoms with Crippen molar-refractivity contribution in [3.05, 3.63) is 24.3 Å². The third-order valence-corrected chi connectivity index (χ3v) is 3.62. The molecule has 2 N–H and O–H groups in total. The number of hydrogen-bond acceptors (Lipinski definition) is 8. The lowest BCUT2D eigenvalue weighted by Gasteiger charge is -2.25. The Labute approximate surface area is 210 Å². The van der Waals surface area contributed by atoms with Crippen LogP contribution in [0.25, 0.3) is 0 Å². The highest BCUT2D eigenvalue weighted by Gasteiger charge is 2.43. The van der Waals surface area contributed by atoms with Crippen molar-refractivity contribution in [3.63, 3.8) is 0 Å². The Morgan fingerprint density at radius 3 is 1.24 bits per heavy atom. The molecule has 216 valence electrons. The van der Waals surface area contributed by atoms with Crippen molar-refractivity contribution in [1.29, 1.82) is 0 Å². The molecule has 0 aliphatic heterocycles. The maximum atomic E-state index is 12.2. The largest absolute Gasteiger partial charge is 0.478 e. The molecule has 0 aromatic carbocycles. The van der Waals surface area contributed by atoms with E-state index in [9.17, 15) is 45.5 Å². The summed E-state index contributed by atoms with van der Waals surface area (Å²) in [7, 11) is 0. The second-order valence-corrected chi connectivity index (χ2v) is 8.47. The van der Waals surface area contributed by atoms with Gasteiger partial charge in [0.25, 0.3) is 0 Å². The Balaban J connectivity index is -0.000000522. The second-order valence-electron chi connectivity index (χ2n) is 8.47. The minimum atomic E-state index is -4.66. The molecular weight excluding hydrogens is 522 g/mol. The Morgan fingerprint density at radius 2 is 1.03 bits per heavy atom. The molecule has 2 unspecified atom stereocenters. The number of carboxylic acid groups (broad SMARTS) is 1. The number of aliphatic hydroxyl groups excluding tert-OH is 1. The van der Waals surface area contributed by atoms with Crippen molar-refractivity contribution >= 4 is 23.9 Å². The van der Waals surface area contributed by atoms with E-state index in [4.69, 9.17) is 14.9 Å². The maximum Gasteiger partial charge on any atom is 0.425 e. The zero-order valence-corrected chi connectivity index (χ0v) is 21.6. The van der Waals surface area contributed by atoms with Gasteiger partial charge in [0.1, 0.15) is 6.10 Å². The van der Waals surface area contributed by atoms with Gasteiger partial charge in [-0.05, 0) is 55.4 Å². The molecule has 0 saturated heterocycles. The van der Waals surface area contributed by atoms with E-state index >= 15 is 0 Å². The zero-order chi connectivity index (χ0) is 30.7. The van der Waals surface area contributed by atoms with E-state index in [1.54, 1.807) is 0 Å². The van der Waals surface area contributed by atoms with Crippen LogP contribution in [-0.2, 0) is 33.4 Å². The average Bonchev–Trinajstić information content (AvgIpc) is 2.66. The molecule has 0 aliphatic rings. The summed E-state index contributed by atoms with van der Waals surface area (Å²) in [5.41, 5.74) is -3.09. The third kappa shape index (κ3) is 17.1. The number of carbonyl (C=O) groups excluding carboxylic acids is 3. The Hall–Kier alpha value is -3.10. The fraction of sp³-hybridized carbons (Fsp3) is 0.636. The van der Waals surface area contributed by atoms with Crippen molar-refractivity contribution < 1.29 is 69.9 Å². The van der Waals surface area contributed by atoms with Crippen molar-refractivity contribution in [1.82, 2.24) is 0 Å². The molecular formula is C22H32F6O9. The van der Waals surface area contributed by atoms with E-state index in [1.165, 1.54) is 27.7 Å². The van der Waals surface area contributed by atoms with Crippen LogP contribution in [0, 0.1) is 0 Å². The second kappa shape index (κ2) is 14.6. The number of aliphatic carboxylic acids is 1. The number of alkyl halides is 6. The summed E-state index contributed by atoms with van der Waals surface area (Å²) in [6.45, 7) is 15.7. The predicted molar refractivity (Wildman–Crippen MR) is 117 cm³/mol. The Morgan fingerprint density at radius 1 is 0.730 bits per heavy atom. The van der Waals surface area contributed by atoms with Crippen LogP contribution >= 0.6 is 0 Å². The monoisotopic (exact) mass is 554 g/mol. The molecule has 0 aromatic heterocycles. The molecule has 15 heteroatoms. The molecule has 0 fully saturated rings. The lowest BCUT2D eigenvalue weighted by atomic mass is 10.1. The van der Waals surface area contributed by atoms with E-state index in [1.807, 2.05) is 0 Å². The first-order valence-corrected chi connectivity index (χ1v) is 10.1. The molecule has 0 aromatic rings. The minimum Gasteiger partial charge on any atom is -0.478 e. The van der Waals surface area contributed by atoms with Gasteiger partial charge in [-0.1, -0.05) is 13.2 Å². The Bertz CT molecular complexity index is 841. The Kier molecular flexibility index (Phi) is 15.2. The number of carboxylic acids is 1. The van der Waals surface area contributed by atoms with Gasteiger partial charge < -0.3 is 24.4 Å². The first-order valence-electron chi connectivity index (χ1n) is 10.1. The number of halogens is 6. The van der Waals surface area contributed by atoms with Crippen molar-refractivity contribution in [2.24, 2.45) is 0 Å². The van der Waals surface area contributed by atoms with Gasteiger partial charge in [0.15, 0.2) is 6.10 Å². The van der Waals surface area contributed by atoms with E-state index in [2.05, 4.69) is 22.6 Å². The summed E-state index contributed by atoms with van der Waals surface area (Å²) in [4.78, 5) is 44.0. The summed E-state index contributed by atoms with van der Waals surface area (Å²) < 4.78 is 82.9. The van der Waals surface area contributed by atoms with Crippen LogP contribution in [-0.4, -0.2) is 69.9 Å². The fourth-order valence-electron chi connectivity index (χ4n) is 1.09. The molecule has 0 aliphatic carbocycles. The molecule has 0 rings (SSSR count). The first-order chi connectivity index (χ1) is 16.1. The molecule has 2 atom stereocenters. The van der Waals surface area contributed by atoms with Crippen molar-refractivity contribution in [2.45, 2.75) is 91.2 Å². The number of ether oxygens (including phenoxy) is 3. The lowest BCUT2D eigenvalue weighted by Crippen LogP contribution is -2.43. The zero-order valence-electron chi connectivity index (χ0n) is 21.6. The normalized spacial score (nSPS) is 13.3. The highest BCUT2D eigenvalue weighted by molar-refractivity contribution is 5.91. The first kappa shape index (κ1) is 38.4. The van der Waals surface area contributed by atoms with Crippen LogP contribution in [0.1, 0.15) is 55.4 Å². The van der Waals surface area contributed by atoms with Crippen LogP contribution in [0.15, 0.2) is 24.3 Å². The van der Waals surface area contributed by atoms with Gasteiger partial charge in [0, 0.05) is 11.1 Å². The van der Waals surface area contributed by atoms with Crippen LogP contribution in [0.5, 0.6) is 0 Å². The van der Waals surface area contributed by atoms with Gasteiger partial charge >= 0.3 is 36.2 Å². The smallest absolute Gasteiger partial charge is 0.425 e. The van der Waals surface area contributed by atoms with Crippen molar-refractivity contribution in [3.8, 4) is 0 Å². The highest BCUT2D eigenvalue weighted by Crippen LogP contribution is 2.25. The van der Waals surface area contributed by atoms with Crippen LogP contribution in [0.3, 0.4) is 0 Å². The topological polar surface area (TPSA) is 136 Å². The van der Waals surface area contributed by atoms with E-state index in [0.717, 1.165) is 13.8 Å². The molecule has 0 bridgehead atoms. The van der Waals surface area contributed by atoms with Crippen molar-refractivity contribution in [2.75, 3.05) is 0 Å².